The van der Waals surface area contributed by atoms with Crippen molar-refractivity contribution in [2.75, 3.05) is 0 Å². The summed E-state index contributed by atoms with van der Waals surface area (Å²) in [7, 11) is -4.07. The largest absolute Gasteiger partial charge is 0.359 e. The fraction of sp³-hybridized carbons (Fsp3) is 0.125. The standard InChI is InChI=1S/C8H7NO4S/c10-14(11,12)5-8-6-3-1-2-4-7(6)9-13-8/h1-4H,5H2,(H,10,11,12). The molecule has 0 radical (unpaired) electrons. The van der Waals surface area contributed by atoms with E-state index in [1.54, 1.807) is 24.3 Å². The van der Waals surface area contributed by atoms with Gasteiger partial charge in [-0.25, -0.2) is 0 Å². The van der Waals surface area contributed by atoms with E-state index in [1.165, 1.54) is 0 Å². The molecule has 1 heterocycles. The second kappa shape index (κ2) is 3.07. The van der Waals surface area contributed by atoms with Gasteiger partial charge in [-0.15, -0.1) is 0 Å². The van der Waals surface area contributed by atoms with Crippen molar-refractivity contribution in [3.05, 3.63) is 30.0 Å². The van der Waals surface area contributed by atoms with E-state index in [2.05, 4.69) is 5.16 Å². The molecule has 1 aromatic heterocycles. The number of benzene rings is 1. The molecule has 0 saturated carbocycles. The molecule has 1 N–H and O–H groups in total. The molecule has 2 rings (SSSR count). The van der Waals surface area contributed by atoms with Gasteiger partial charge in [-0.05, 0) is 12.1 Å². The Morgan fingerprint density at radius 2 is 2.07 bits per heavy atom. The molecular weight excluding hydrogens is 206 g/mol. The van der Waals surface area contributed by atoms with Crippen LogP contribution in [-0.2, 0) is 15.9 Å². The molecular formula is C8H7NO4S. The summed E-state index contributed by atoms with van der Waals surface area (Å²) >= 11 is 0. The Morgan fingerprint density at radius 3 is 2.79 bits per heavy atom. The molecule has 0 aliphatic rings. The number of nitrogens with zero attached hydrogens (tertiary/aromatic N) is 1. The summed E-state index contributed by atoms with van der Waals surface area (Å²) in [6, 6.07) is 6.90. The first-order valence-corrected chi connectivity index (χ1v) is 5.45. The average molecular weight is 213 g/mol. The third kappa shape index (κ3) is 1.75. The van der Waals surface area contributed by atoms with Crippen molar-refractivity contribution < 1.29 is 17.5 Å². The molecule has 14 heavy (non-hydrogen) atoms. The summed E-state index contributed by atoms with van der Waals surface area (Å²) in [5, 5.41) is 4.25. The third-order valence-electron chi connectivity index (χ3n) is 1.77. The van der Waals surface area contributed by atoms with Gasteiger partial charge in [0.2, 0.25) is 0 Å². The van der Waals surface area contributed by atoms with E-state index in [4.69, 9.17) is 9.08 Å². The SMILES string of the molecule is O=S(=O)(O)Cc1onc2ccccc12. The van der Waals surface area contributed by atoms with Crippen LogP contribution >= 0.6 is 0 Å². The van der Waals surface area contributed by atoms with Crippen molar-refractivity contribution in [3.63, 3.8) is 0 Å². The Kier molecular flexibility index (Phi) is 2.01. The summed E-state index contributed by atoms with van der Waals surface area (Å²) < 4.78 is 34.7. The van der Waals surface area contributed by atoms with Gasteiger partial charge in [-0.3, -0.25) is 4.55 Å². The predicted molar refractivity (Wildman–Crippen MR) is 49.3 cm³/mol. The molecule has 5 nitrogen and oxygen atoms in total. The quantitative estimate of drug-likeness (QED) is 0.758. The van der Waals surface area contributed by atoms with Gasteiger partial charge in [0, 0.05) is 5.39 Å². The van der Waals surface area contributed by atoms with Crippen LogP contribution in [0.1, 0.15) is 5.76 Å². The molecule has 0 aliphatic heterocycles. The van der Waals surface area contributed by atoms with Crippen LogP contribution in [-0.4, -0.2) is 18.1 Å². The predicted octanol–water partition coefficient (Wildman–Crippen LogP) is 1.22. The van der Waals surface area contributed by atoms with Crippen molar-refractivity contribution in [2.24, 2.45) is 0 Å². The highest BCUT2D eigenvalue weighted by molar-refractivity contribution is 7.85. The maximum Gasteiger partial charge on any atom is 0.272 e. The van der Waals surface area contributed by atoms with E-state index >= 15 is 0 Å². The molecule has 0 amide bonds. The normalized spacial score (nSPS) is 12.1. The number of hydrogen-bond donors (Lipinski definition) is 1. The smallest absolute Gasteiger partial charge is 0.272 e. The van der Waals surface area contributed by atoms with Gasteiger partial charge in [0.25, 0.3) is 10.1 Å². The summed E-state index contributed by atoms with van der Waals surface area (Å²) in [5.41, 5.74) is 0.575. The molecule has 2 aromatic rings. The molecule has 0 aliphatic carbocycles. The average Bonchev–Trinajstić information content (AvgIpc) is 2.47. The Hall–Kier alpha value is -1.40. The zero-order chi connectivity index (χ0) is 10.2. The van der Waals surface area contributed by atoms with Crippen molar-refractivity contribution in [1.82, 2.24) is 5.16 Å². The van der Waals surface area contributed by atoms with Gasteiger partial charge in [0.1, 0.15) is 11.3 Å². The Balaban J connectivity index is 2.54. The monoisotopic (exact) mass is 213 g/mol. The van der Waals surface area contributed by atoms with E-state index in [1.807, 2.05) is 0 Å². The van der Waals surface area contributed by atoms with Crippen molar-refractivity contribution in [2.45, 2.75) is 5.75 Å². The lowest BCUT2D eigenvalue weighted by Crippen LogP contribution is -2.00. The first-order chi connectivity index (χ1) is 6.56. The molecule has 6 heteroatoms. The summed E-state index contributed by atoms with van der Waals surface area (Å²) in [4.78, 5) is 0. The van der Waals surface area contributed by atoms with Crippen LogP contribution in [0.4, 0.5) is 0 Å². The Morgan fingerprint density at radius 1 is 1.36 bits per heavy atom. The minimum atomic E-state index is -4.07. The molecule has 0 unspecified atom stereocenters. The number of rotatable bonds is 2. The van der Waals surface area contributed by atoms with Gasteiger partial charge in [0.05, 0.1) is 0 Å². The lowest BCUT2D eigenvalue weighted by atomic mass is 10.2. The van der Waals surface area contributed by atoms with Gasteiger partial charge >= 0.3 is 0 Å². The van der Waals surface area contributed by atoms with Crippen LogP contribution in [0.3, 0.4) is 0 Å². The molecule has 0 bridgehead atoms. The van der Waals surface area contributed by atoms with E-state index in [0.717, 1.165) is 0 Å². The van der Waals surface area contributed by atoms with Gasteiger partial charge in [-0.1, -0.05) is 17.3 Å². The second-order valence-electron chi connectivity index (χ2n) is 2.85. The van der Waals surface area contributed by atoms with E-state index in [0.29, 0.717) is 10.9 Å². The van der Waals surface area contributed by atoms with E-state index in [-0.39, 0.29) is 5.76 Å². The van der Waals surface area contributed by atoms with Gasteiger partial charge < -0.3 is 4.52 Å². The van der Waals surface area contributed by atoms with E-state index < -0.39 is 15.9 Å². The fourth-order valence-corrected chi connectivity index (χ4v) is 1.75. The zero-order valence-corrected chi connectivity index (χ0v) is 7.86. The first-order valence-electron chi connectivity index (χ1n) is 3.85. The minimum absolute atomic E-state index is 0.156. The van der Waals surface area contributed by atoms with E-state index in [9.17, 15) is 8.42 Å². The topological polar surface area (TPSA) is 80.4 Å². The number of fused-ring (bicyclic) bond motifs is 1. The van der Waals surface area contributed by atoms with Crippen LogP contribution in [0, 0.1) is 0 Å². The third-order valence-corrected chi connectivity index (χ3v) is 2.40. The number of aromatic nitrogens is 1. The van der Waals surface area contributed by atoms with Crippen LogP contribution in [0.2, 0.25) is 0 Å². The molecule has 1 aromatic carbocycles. The van der Waals surface area contributed by atoms with Gasteiger partial charge in [0.15, 0.2) is 5.76 Å². The molecule has 0 spiro atoms. The minimum Gasteiger partial charge on any atom is -0.359 e. The van der Waals surface area contributed by atoms with Gasteiger partial charge in [-0.2, -0.15) is 8.42 Å². The molecule has 0 saturated heterocycles. The lowest BCUT2D eigenvalue weighted by Gasteiger charge is -1.91. The summed E-state index contributed by atoms with van der Waals surface area (Å²) in [6.07, 6.45) is 0. The fourth-order valence-electron chi connectivity index (χ4n) is 1.21. The number of hydrogen-bond acceptors (Lipinski definition) is 4. The van der Waals surface area contributed by atoms with Crippen LogP contribution in [0.25, 0.3) is 10.9 Å². The van der Waals surface area contributed by atoms with Crippen molar-refractivity contribution in [1.29, 1.82) is 0 Å². The van der Waals surface area contributed by atoms with Crippen LogP contribution in [0.5, 0.6) is 0 Å². The second-order valence-corrected chi connectivity index (χ2v) is 4.30. The molecule has 0 atom stereocenters. The maximum atomic E-state index is 10.6. The highest BCUT2D eigenvalue weighted by atomic mass is 32.2. The Labute approximate surface area is 80.1 Å². The first kappa shape index (κ1) is 9.17. The van der Waals surface area contributed by atoms with Crippen LogP contribution in [0.15, 0.2) is 28.8 Å². The highest BCUT2D eigenvalue weighted by Crippen LogP contribution is 2.19. The van der Waals surface area contributed by atoms with Crippen molar-refractivity contribution in [3.8, 4) is 0 Å². The highest BCUT2D eigenvalue weighted by Gasteiger charge is 2.14. The summed E-state index contributed by atoms with van der Waals surface area (Å²) in [5.74, 6) is -0.392. The lowest BCUT2D eigenvalue weighted by molar-refractivity contribution is 0.395. The molecule has 0 fully saturated rings. The Bertz CT molecular complexity index is 557. The van der Waals surface area contributed by atoms with Crippen LogP contribution < -0.4 is 0 Å². The maximum absolute atomic E-state index is 10.6. The molecule has 74 valence electrons. The zero-order valence-electron chi connectivity index (χ0n) is 7.04. The van der Waals surface area contributed by atoms with Crippen molar-refractivity contribution >= 4 is 21.0 Å². The summed E-state index contributed by atoms with van der Waals surface area (Å²) in [6.45, 7) is 0.